The number of aliphatic hydroxyl groups excluding tert-OH is 1. The molecule has 1 aliphatic heterocycles. The van der Waals surface area contributed by atoms with Crippen LogP contribution < -0.4 is 15.2 Å². The van der Waals surface area contributed by atoms with E-state index >= 15 is 0 Å². The quantitative estimate of drug-likeness (QED) is 0.678. The molecule has 1 unspecified atom stereocenters. The molecule has 0 fully saturated rings. The average molecular weight is 211 g/mol. The summed E-state index contributed by atoms with van der Waals surface area (Å²) in [6, 6.07) is 2.95. The summed E-state index contributed by atoms with van der Waals surface area (Å²) in [7, 11) is 0. The molecule has 1 heterocycles. The molecule has 5 nitrogen and oxygen atoms in total. The fourth-order valence-electron chi connectivity index (χ4n) is 1.53. The van der Waals surface area contributed by atoms with E-state index in [9.17, 15) is 5.11 Å². The molecule has 1 atom stereocenters. The lowest BCUT2D eigenvalue weighted by atomic mass is 10.0. The first kappa shape index (κ1) is 10.1. The number of ether oxygens (including phenoxy) is 2. The van der Waals surface area contributed by atoms with Gasteiger partial charge in [-0.2, -0.15) is 0 Å². The van der Waals surface area contributed by atoms with Crippen molar-refractivity contribution in [1.29, 1.82) is 0 Å². The van der Waals surface area contributed by atoms with Crippen molar-refractivity contribution in [3.05, 3.63) is 17.7 Å². The van der Waals surface area contributed by atoms with E-state index in [1.54, 1.807) is 6.07 Å². The first-order valence-corrected chi connectivity index (χ1v) is 4.71. The minimum Gasteiger partial charge on any atom is -0.504 e. The zero-order chi connectivity index (χ0) is 10.8. The third-order valence-corrected chi connectivity index (χ3v) is 2.34. The van der Waals surface area contributed by atoms with Crippen molar-refractivity contribution in [2.75, 3.05) is 13.4 Å². The van der Waals surface area contributed by atoms with Crippen LogP contribution in [0.3, 0.4) is 0 Å². The predicted molar refractivity (Wildman–Crippen MR) is 52.9 cm³/mol. The molecule has 0 radical (unpaired) electrons. The molecule has 2 rings (SSSR count). The summed E-state index contributed by atoms with van der Waals surface area (Å²) < 4.78 is 10.2. The van der Waals surface area contributed by atoms with Crippen LogP contribution in [0, 0.1) is 0 Å². The van der Waals surface area contributed by atoms with Crippen LogP contribution >= 0.6 is 0 Å². The first-order valence-electron chi connectivity index (χ1n) is 4.71. The minimum atomic E-state index is -0.310. The maximum absolute atomic E-state index is 9.61. The van der Waals surface area contributed by atoms with Crippen LogP contribution in [0.4, 0.5) is 0 Å². The van der Waals surface area contributed by atoms with Gasteiger partial charge < -0.3 is 25.4 Å². The summed E-state index contributed by atoms with van der Waals surface area (Å²) in [5.74, 6) is 0.877. The van der Waals surface area contributed by atoms with E-state index < -0.39 is 0 Å². The van der Waals surface area contributed by atoms with Crippen LogP contribution in [-0.2, 0) is 0 Å². The molecule has 1 aromatic rings. The topological polar surface area (TPSA) is 84.9 Å². The van der Waals surface area contributed by atoms with Gasteiger partial charge >= 0.3 is 0 Å². The molecule has 0 spiro atoms. The Hall–Kier alpha value is -1.46. The van der Waals surface area contributed by atoms with E-state index in [-0.39, 0.29) is 25.2 Å². The molecule has 1 aromatic carbocycles. The Balaban J connectivity index is 2.30. The summed E-state index contributed by atoms with van der Waals surface area (Å²) in [6.07, 6.45) is 0.444. The van der Waals surface area contributed by atoms with E-state index in [1.807, 2.05) is 0 Å². The minimum absolute atomic E-state index is 0.0103. The van der Waals surface area contributed by atoms with Crippen molar-refractivity contribution in [1.82, 2.24) is 0 Å². The molecule has 0 saturated heterocycles. The molecule has 4 N–H and O–H groups in total. The van der Waals surface area contributed by atoms with Gasteiger partial charge in [-0.25, -0.2) is 0 Å². The van der Waals surface area contributed by atoms with E-state index in [0.717, 1.165) is 5.56 Å². The summed E-state index contributed by atoms with van der Waals surface area (Å²) in [5, 5.41) is 18.4. The SMILES string of the molecule is NC(CCO)c1cc(O)c2c(c1)OCO2. The molecule has 15 heavy (non-hydrogen) atoms. The van der Waals surface area contributed by atoms with Crippen LogP contribution in [0.25, 0.3) is 0 Å². The van der Waals surface area contributed by atoms with E-state index in [4.69, 9.17) is 20.3 Å². The second-order valence-corrected chi connectivity index (χ2v) is 3.39. The average Bonchev–Trinajstić information content (AvgIpc) is 2.66. The Kier molecular flexibility index (Phi) is 2.66. The van der Waals surface area contributed by atoms with Crippen molar-refractivity contribution >= 4 is 0 Å². The van der Waals surface area contributed by atoms with Gasteiger partial charge in [0, 0.05) is 12.6 Å². The van der Waals surface area contributed by atoms with Gasteiger partial charge in [-0.3, -0.25) is 0 Å². The second-order valence-electron chi connectivity index (χ2n) is 3.39. The van der Waals surface area contributed by atoms with Gasteiger partial charge in [-0.15, -0.1) is 0 Å². The van der Waals surface area contributed by atoms with Crippen molar-refractivity contribution in [3.8, 4) is 17.2 Å². The number of aromatic hydroxyl groups is 1. The Bertz CT molecular complexity index is 367. The molecule has 82 valence electrons. The number of phenolic OH excluding ortho intramolecular Hbond substituents is 1. The second kappa shape index (κ2) is 3.96. The van der Waals surface area contributed by atoms with E-state index in [1.165, 1.54) is 6.07 Å². The standard InChI is InChI=1S/C10H13NO4/c11-7(1-2-12)6-3-8(13)10-9(4-6)14-5-15-10/h3-4,7,12-13H,1-2,5,11H2. The number of nitrogens with two attached hydrogens (primary N) is 1. The number of benzene rings is 1. The molecule has 0 amide bonds. The summed E-state index contributed by atoms with van der Waals surface area (Å²) >= 11 is 0. The molecular weight excluding hydrogens is 198 g/mol. The van der Waals surface area contributed by atoms with Crippen LogP contribution in [0.15, 0.2) is 12.1 Å². The van der Waals surface area contributed by atoms with Crippen molar-refractivity contribution in [2.45, 2.75) is 12.5 Å². The van der Waals surface area contributed by atoms with Crippen LogP contribution in [0.2, 0.25) is 0 Å². The van der Waals surface area contributed by atoms with Gasteiger partial charge in [-0.1, -0.05) is 0 Å². The van der Waals surface area contributed by atoms with Gasteiger partial charge in [-0.05, 0) is 24.1 Å². The summed E-state index contributed by atoms with van der Waals surface area (Å²) in [4.78, 5) is 0. The van der Waals surface area contributed by atoms with Gasteiger partial charge in [0.25, 0.3) is 0 Å². The number of rotatable bonds is 3. The van der Waals surface area contributed by atoms with Crippen LogP contribution in [-0.4, -0.2) is 23.6 Å². The summed E-state index contributed by atoms with van der Waals surface area (Å²) in [5.41, 5.74) is 6.53. The van der Waals surface area contributed by atoms with Crippen molar-refractivity contribution < 1.29 is 19.7 Å². The highest BCUT2D eigenvalue weighted by molar-refractivity contribution is 5.54. The molecular formula is C10H13NO4. The summed E-state index contributed by atoms with van der Waals surface area (Å²) in [6.45, 7) is 0.123. The normalized spacial score (nSPS) is 15.3. The lowest BCUT2D eigenvalue weighted by molar-refractivity contribution is 0.171. The lowest BCUT2D eigenvalue weighted by Crippen LogP contribution is -2.11. The third-order valence-electron chi connectivity index (χ3n) is 2.34. The van der Waals surface area contributed by atoms with E-state index in [0.29, 0.717) is 17.9 Å². The molecule has 1 aliphatic rings. The van der Waals surface area contributed by atoms with Crippen LogP contribution in [0.5, 0.6) is 17.2 Å². The zero-order valence-corrected chi connectivity index (χ0v) is 8.14. The first-order chi connectivity index (χ1) is 7.22. The third kappa shape index (κ3) is 1.84. The van der Waals surface area contributed by atoms with Gasteiger partial charge in [0.15, 0.2) is 11.5 Å². The van der Waals surface area contributed by atoms with Gasteiger partial charge in [0.2, 0.25) is 12.5 Å². The number of fused-ring (bicyclic) bond motifs is 1. The molecule has 0 aromatic heterocycles. The zero-order valence-electron chi connectivity index (χ0n) is 8.14. The Morgan fingerprint density at radius 3 is 2.93 bits per heavy atom. The fraction of sp³-hybridized carbons (Fsp3) is 0.400. The Morgan fingerprint density at radius 1 is 1.40 bits per heavy atom. The van der Waals surface area contributed by atoms with E-state index in [2.05, 4.69) is 0 Å². The lowest BCUT2D eigenvalue weighted by Gasteiger charge is -2.11. The van der Waals surface area contributed by atoms with Gasteiger partial charge in [0.05, 0.1) is 0 Å². The monoisotopic (exact) mass is 211 g/mol. The predicted octanol–water partition coefficient (Wildman–Crippen LogP) is 0.503. The number of hydrogen-bond acceptors (Lipinski definition) is 5. The fourth-order valence-corrected chi connectivity index (χ4v) is 1.53. The highest BCUT2D eigenvalue weighted by Gasteiger charge is 2.20. The van der Waals surface area contributed by atoms with Gasteiger partial charge in [0.1, 0.15) is 0 Å². The highest BCUT2D eigenvalue weighted by Crippen LogP contribution is 2.42. The Labute approximate surface area is 87.0 Å². The van der Waals surface area contributed by atoms with Crippen LogP contribution in [0.1, 0.15) is 18.0 Å². The molecule has 0 saturated carbocycles. The maximum atomic E-state index is 9.61. The largest absolute Gasteiger partial charge is 0.504 e. The number of phenols is 1. The molecule has 5 heteroatoms. The van der Waals surface area contributed by atoms with Crippen molar-refractivity contribution in [2.24, 2.45) is 5.73 Å². The molecule has 0 aliphatic carbocycles. The maximum Gasteiger partial charge on any atom is 0.231 e. The molecule has 0 bridgehead atoms. The van der Waals surface area contributed by atoms with Crippen molar-refractivity contribution in [3.63, 3.8) is 0 Å². The Morgan fingerprint density at radius 2 is 2.20 bits per heavy atom. The highest BCUT2D eigenvalue weighted by atomic mass is 16.7. The number of hydrogen-bond donors (Lipinski definition) is 3. The number of aliphatic hydroxyl groups is 1. The smallest absolute Gasteiger partial charge is 0.231 e.